The van der Waals surface area contributed by atoms with E-state index in [1.165, 1.54) is 11.3 Å². The molecule has 4 atom stereocenters. The van der Waals surface area contributed by atoms with E-state index in [1.807, 2.05) is 12.2 Å². The minimum atomic E-state index is -0.927. The van der Waals surface area contributed by atoms with Crippen LogP contribution in [-0.2, 0) is 27.2 Å². The zero-order valence-corrected chi connectivity index (χ0v) is 17.6. The Morgan fingerprint density at radius 3 is 2.48 bits per heavy atom. The van der Waals surface area contributed by atoms with E-state index in [0.29, 0.717) is 17.0 Å². The lowest BCUT2D eigenvalue weighted by molar-refractivity contribution is -0.146. The molecule has 0 unspecified atom stereocenters. The third-order valence-corrected chi connectivity index (χ3v) is 7.46. The lowest BCUT2D eigenvalue weighted by atomic mass is 9.82. The van der Waals surface area contributed by atoms with Gasteiger partial charge in [0.25, 0.3) is 0 Å². The summed E-state index contributed by atoms with van der Waals surface area (Å²) >= 11 is 1.45. The number of aliphatic carboxylic acids is 1. The monoisotopic (exact) mass is 417 g/mol. The van der Waals surface area contributed by atoms with Gasteiger partial charge in [0.1, 0.15) is 5.00 Å². The normalized spacial score (nSPS) is 27.6. The van der Waals surface area contributed by atoms with E-state index >= 15 is 0 Å². The third kappa shape index (κ3) is 3.72. The zero-order chi connectivity index (χ0) is 20.7. The van der Waals surface area contributed by atoms with Crippen LogP contribution in [0, 0.1) is 23.7 Å². The lowest BCUT2D eigenvalue weighted by Gasteiger charge is -2.23. The summed E-state index contributed by atoms with van der Waals surface area (Å²) in [5.41, 5.74) is 1.47. The molecule has 0 spiro atoms. The van der Waals surface area contributed by atoms with E-state index in [2.05, 4.69) is 5.32 Å². The number of allylic oxidation sites excluding steroid dienone is 2. The number of fused-ring (bicyclic) bond motifs is 3. The van der Waals surface area contributed by atoms with Crippen molar-refractivity contribution in [3.05, 3.63) is 28.2 Å². The van der Waals surface area contributed by atoms with Crippen molar-refractivity contribution in [3.63, 3.8) is 0 Å². The fourth-order valence-corrected chi connectivity index (χ4v) is 6.31. The Balaban J connectivity index is 1.64. The zero-order valence-electron chi connectivity index (χ0n) is 16.8. The Hall–Kier alpha value is -2.15. The number of rotatable bonds is 5. The molecule has 1 amide bonds. The molecule has 1 heterocycles. The maximum Gasteiger partial charge on any atom is 0.341 e. The molecule has 156 valence electrons. The van der Waals surface area contributed by atoms with Gasteiger partial charge in [-0.3, -0.25) is 9.59 Å². The first-order valence-corrected chi connectivity index (χ1v) is 11.3. The number of esters is 1. The molecule has 1 saturated carbocycles. The molecular formula is C22H27NO5S. The van der Waals surface area contributed by atoms with Crippen molar-refractivity contribution in [2.75, 3.05) is 5.32 Å². The average Bonchev–Trinajstić information content (AvgIpc) is 3.30. The van der Waals surface area contributed by atoms with E-state index in [0.717, 1.165) is 42.5 Å². The highest BCUT2D eigenvalue weighted by molar-refractivity contribution is 7.17. The molecule has 0 aromatic carbocycles. The number of carboxylic acids is 1. The van der Waals surface area contributed by atoms with Crippen LogP contribution in [0.4, 0.5) is 5.00 Å². The van der Waals surface area contributed by atoms with Crippen LogP contribution in [0.5, 0.6) is 0 Å². The number of nitrogens with one attached hydrogen (secondary N) is 1. The second-order valence-electron chi connectivity index (χ2n) is 8.55. The van der Waals surface area contributed by atoms with Crippen molar-refractivity contribution >= 4 is 34.2 Å². The number of ether oxygens (including phenoxy) is 1. The van der Waals surface area contributed by atoms with Gasteiger partial charge in [-0.25, -0.2) is 4.79 Å². The summed E-state index contributed by atoms with van der Waals surface area (Å²) in [7, 11) is 0. The van der Waals surface area contributed by atoms with Crippen molar-refractivity contribution in [3.8, 4) is 0 Å². The van der Waals surface area contributed by atoms with E-state index in [1.54, 1.807) is 13.8 Å². The molecule has 7 heteroatoms. The Labute approximate surface area is 174 Å². The van der Waals surface area contributed by atoms with Crippen molar-refractivity contribution in [2.24, 2.45) is 23.7 Å². The molecule has 0 saturated heterocycles. The van der Waals surface area contributed by atoms with E-state index in [4.69, 9.17) is 4.74 Å². The van der Waals surface area contributed by atoms with Crippen LogP contribution < -0.4 is 5.32 Å². The summed E-state index contributed by atoms with van der Waals surface area (Å²) in [6.07, 6.45) is 9.25. The van der Waals surface area contributed by atoms with Gasteiger partial charge in [-0.15, -0.1) is 11.3 Å². The van der Waals surface area contributed by atoms with Gasteiger partial charge in [0.15, 0.2) is 0 Å². The van der Waals surface area contributed by atoms with E-state index in [9.17, 15) is 19.5 Å². The molecule has 1 aromatic rings. The number of amides is 1. The van der Waals surface area contributed by atoms with Gasteiger partial charge in [-0.2, -0.15) is 0 Å². The van der Waals surface area contributed by atoms with Crippen LogP contribution in [0.1, 0.15) is 60.3 Å². The van der Waals surface area contributed by atoms with Crippen molar-refractivity contribution in [2.45, 2.75) is 58.5 Å². The molecule has 0 aliphatic heterocycles. The lowest BCUT2D eigenvalue weighted by Crippen LogP contribution is -2.36. The molecule has 1 fully saturated rings. The largest absolute Gasteiger partial charge is 0.481 e. The number of hydrogen-bond donors (Lipinski definition) is 2. The number of carbonyl (C=O) groups excluding carboxylic acids is 2. The highest BCUT2D eigenvalue weighted by Crippen LogP contribution is 2.49. The summed E-state index contributed by atoms with van der Waals surface area (Å²) in [6, 6.07) is 0. The number of hydrogen-bond acceptors (Lipinski definition) is 5. The second kappa shape index (κ2) is 7.94. The van der Waals surface area contributed by atoms with Crippen LogP contribution in [0.2, 0.25) is 0 Å². The third-order valence-electron chi connectivity index (χ3n) is 6.25. The minimum Gasteiger partial charge on any atom is -0.481 e. The van der Waals surface area contributed by atoms with Crippen LogP contribution in [-0.4, -0.2) is 29.1 Å². The van der Waals surface area contributed by atoms with Crippen molar-refractivity contribution in [1.82, 2.24) is 0 Å². The summed E-state index contributed by atoms with van der Waals surface area (Å²) in [5.74, 6) is -3.07. The average molecular weight is 418 g/mol. The number of anilines is 1. The van der Waals surface area contributed by atoms with Gasteiger partial charge < -0.3 is 15.2 Å². The predicted molar refractivity (Wildman–Crippen MR) is 110 cm³/mol. The minimum absolute atomic E-state index is 0.0510. The molecule has 1 aromatic heterocycles. The van der Waals surface area contributed by atoms with Crippen LogP contribution in [0.15, 0.2) is 12.2 Å². The molecule has 29 heavy (non-hydrogen) atoms. The standard InChI is InChI=1S/C22H27NO5S/c1-11(2)28-22(27)18-14-6-4-3-5-7-15(14)29-20(18)23-19(24)16-12-8-9-13(10-12)17(16)21(25)26/h8-9,11-13,16-17H,3-7,10H2,1-2H3,(H,23,24)(H,25,26)/t12-,13+,16+,17+/m1/s1. The van der Waals surface area contributed by atoms with Gasteiger partial charge in [0.05, 0.1) is 23.5 Å². The first kappa shape index (κ1) is 20.1. The van der Waals surface area contributed by atoms with Gasteiger partial charge in [-0.1, -0.05) is 18.6 Å². The number of aryl methyl sites for hydroxylation is 1. The molecule has 2 N–H and O–H groups in total. The molecule has 2 bridgehead atoms. The summed E-state index contributed by atoms with van der Waals surface area (Å²) < 4.78 is 5.47. The Kier molecular flexibility index (Phi) is 5.51. The summed E-state index contributed by atoms with van der Waals surface area (Å²) in [6.45, 7) is 3.61. The van der Waals surface area contributed by atoms with Gasteiger partial charge >= 0.3 is 11.9 Å². The molecule has 4 rings (SSSR count). The SMILES string of the molecule is CC(C)OC(=O)c1c(NC(=O)[C@@H]2[C@@H](C(=O)O)[C@H]3C=C[C@@H]2C3)sc2c1CCCCC2. The molecular weight excluding hydrogens is 390 g/mol. The number of carboxylic acid groups (broad SMARTS) is 1. The van der Waals surface area contributed by atoms with Gasteiger partial charge in [0.2, 0.25) is 5.91 Å². The Bertz CT molecular complexity index is 871. The van der Waals surface area contributed by atoms with Crippen LogP contribution in [0.3, 0.4) is 0 Å². The van der Waals surface area contributed by atoms with Crippen LogP contribution in [0.25, 0.3) is 0 Å². The first-order chi connectivity index (χ1) is 13.9. The molecule has 3 aliphatic rings. The predicted octanol–water partition coefficient (Wildman–Crippen LogP) is 4.04. The van der Waals surface area contributed by atoms with Gasteiger partial charge in [0, 0.05) is 4.88 Å². The maximum atomic E-state index is 13.1. The fourth-order valence-electron chi connectivity index (χ4n) is 5.03. The molecule has 6 nitrogen and oxygen atoms in total. The molecule has 0 radical (unpaired) electrons. The van der Waals surface area contributed by atoms with Crippen LogP contribution >= 0.6 is 11.3 Å². The van der Waals surface area contributed by atoms with Crippen molar-refractivity contribution in [1.29, 1.82) is 0 Å². The van der Waals surface area contributed by atoms with Gasteiger partial charge in [-0.05, 0) is 63.4 Å². The number of thiophene rings is 1. The maximum absolute atomic E-state index is 13.1. The first-order valence-electron chi connectivity index (χ1n) is 10.4. The Morgan fingerprint density at radius 2 is 1.79 bits per heavy atom. The highest BCUT2D eigenvalue weighted by atomic mass is 32.1. The van der Waals surface area contributed by atoms with E-state index < -0.39 is 23.8 Å². The smallest absolute Gasteiger partial charge is 0.341 e. The molecule has 3 aliphatic carbocycles. The summed E-state index contributed by atoms with van der Waals surface area (Å²) in [4.78, 5) is 38.9. The topological polar surface area (TPSA) is 92.7 Å². The van der Waals surface area contributed by atoms with Crippen molar-refractivity contribution < 1.29 is 24.2 Å². The van der Waals surface area contributed by atoms with E-state index in [-0.39, 0.29) is 23.8 Å². The second-order valence-corrected chi connectivity index (χ2v) is 9.66. The fraction of sp³-hybridized carbons (Fsp3) is 0.591. The summed E-state index contributed by atoms with van der Waals surface area (Å²) in [5, 5.41) is 13.1. The Morgan fingerprint density at radius 1 is 1.10 bits per heavy atom. The quantitative estimate of drug-likeness (QED) is 0.428. The highest BCUT2D eigenvalue weighted by Gasteiger charge is 2.51. The number of carbonyl (C=O) groups is 3.